The van der Waals surface area contributed by atoms with E-state index in [2.05, 4.69) is 0 Å². The van der Waals surface area contributed by atoms with Crippen LogP contribution in [0.25, 0.3) is 0 Å². The van der Waals surface area contributed by atoms with E-state index in [1.54, 1.807) is 18.2 Å². The molecule has 4 nitrogen and oxygen atoms in total. The van der Waals surface area contributed by atoms with E-state index < -0.39 is 10.0 Å². The molecule has 1 aromatic rings. The van der Waals surface area contributed by atoms with Crippen molar-refractivity contribution in [2.24, 2.45) is 0 Å². The first-order chi connectivity index (χ1) is 7.89. The molecule has 5 heteroatoms. The van der Waals surface area contributed by atoms with Crippen LogP contribution in [0.2, 0.25) is 0 Å². The van der Waals surface area contributed by atoms with Gasteiger partial charge in [-0.3, -0.25) is 0 Å². The number of sulfonamides is 1. The Hall–Kier alpha value is -1.38. The molecule has 0 fully saturated rings. The minimum Gasteiger partial charge on any atom is -0.207 e. The third-order valence-electron chi connectivity index (χ3n) is 2.53. The predicted molar refractivity (Wildman–Crippen MR) is 66.0 cm³/mol. The summed E-state index contributed by atoms with van der Waals surface area (Å²) in [6, 6.07) is 8.66. The fourth-order valence-corrected chi connectivity index (χ4v) is 2.52. The van der Waals surface area contributed by atoms with Gasteiger partial charge in [-0.15, -0.1) is 0 Å². The zero-order valence-electron chi connectivity index (χ0n) is 10.2. The Morgan fingerprint density at radius 1 is 1.41 bits per heavy atom. The van der Waals surface area contributed by atoms with Crippen molar-refractivity contribution in [1.29, 1.82) is 5.26 Å². The molecule has 0 spiro atoms. The number of hydrogen-bond acceptors (Lipinski definition) is 3. The molecule has 0 unspecified atom stereocenters. The van der Waals surface area contributed by atoms with Crippen molar-refractivity contribution in [2.45, 2.75) is 24.7 Å². The second-order valence-electron chi connectivity index (χ2n) is 4.15. The summed E-state index contributed by atoms with van der Waals surface area (Å²) in [5.74, 6) is 0.270. The summed E-state index contributed by atoms with van der Waals surface area (Å²) in [5.41, 5.74) is 0.969. The highest BCUT2D eigenvalue weighted by atomic mass is 32.2. The first-order valence-electron chi connectivity index (χ1n) is 5.33. The molecule has 0 heterocycles. The highest BCUT2D eigenvalue weighted by molar-refractivity contribution is 7.89. The number of benzene rings is 1. The maximum atomic E-state index is 12.1. The zero-order chi connectivity index (χ0) is 13.1. The number of nitriles is 1. The van der Waals surface area contributed by atoms with E-state index in [0.29, 0.717) is 0 Å². The van der Waals surface area contributed by atoms with Gasteiger partial charge < -0.3 is 0 Å². The highest BCUT2D eigenvalue weighted by Crippen LogP contribution is 2.20. The van der Waals surface area contributed by atoms with Crippen LogP contribution in [0.5, 0.6) is 0 Å². The zero-order valence-corrected chi connectivity index (χ0v) is 11.0. The van der Waals surface area contributed by atoms with Gasteiger partial charge >= 0.3 is 0 Å². The second kappa shape index (κ2) is 5.30. The fourth-order valence-electron chi connectivity index (χ4n) is 1.40. The van der Waals surface area contributed by atoms with Crippen LogP contribution in [0, 0.1) is 11.3 Å². The van der Waals surface area contributed by atoms with Gasteiger partial charge in [-0.25, -0.2) is 8.42 Å². The number of rotatable bonds is 4. The summed E-state index contributed by atoms with van der Waals surface area (Å²) in [6.07, 6.45) is 0. The third kappa shape index (κ3) is 3.05. The van der Waals surface area contributed by atoms with Crippen LogP contribution in [0.3, 0.4) is 0 Å². The molecule has 0 atom stereocenters. The lowest BCUT2D eigenvalue weighted by atomic mass is 10.0. The summed E-state index contributed by atoms with van der Waals surface area (Å²) < 4.78 is 25.2. The molecule has 0 saturated carbocycles. The quantitative estimate of drug-likeness (QED) is 0.769. The van der Waals surface area contributed by atoms with Crippen molar-refractivity contribution in [3.05, 3.63) is 29.8 Å². The van der Waals surface area contributed by atoms with E-state index in [-0.39, 0.29) is 17.4 Å². The molecule has 0 aliphatic carbocycles. The monoisotopic (exact) mass is 252 g/mol. The summed E-state index contributed by atoms with van der Waals surface area (Å²) in [7, 11) is -2.14. The van der Waals surface area contributed by atoms with Gasteiger partial charge in [0.15, 0.2) is 0 Å². The maximum Gasteiger partial charge on any atom is 0.243 e. The summed E-state index contributed by atoms with van der Waals surface area (Å²) >= 11 is 0. The molecular weight excluding hydrogens is 236 g/mol. The third-order valence-corrected chi connectivity index (χ3v) is 4.33. The van der Waals surface area contributed by atoms with E-state index in [4.69, 9.17) is 5.26 Å². The van der Waals surface area contributed by atoms with E-state index in [0.717, 1.165) is 9.87 Å². The van der Waals surface area contributed by atoms with Crippen LogP contribution < -0.4 is 0 Å². The fraction of sp³-hybridized carbons (Fsp3) is 0.417. The molecule has 0 aliphatic rings. The maximum absolute atomic E-state index is 12.1. The van der Waals surface area contributed by atoms with Gasteiger partial charge in [0.05, 0.1) is 11.0 Å². The summed E-state index contributed by atoms with van der Waals surface area (Å²) in [4.78, 5) is 0.237. The van der Waals surface area contributed by atoms with Crippen molar-refractivity contribution >= 4 is 10.0 Å². The lowest BCUT2D eigenvalue weighted by Crippen LogP contribution is -2.27. The van der Waals surface area contributed by atoms with Crippen molar-refractivity contribution in [1.82, 2.24) is 4.31 Å². The van der Waals surface area contributed by atoms with Crippen LogP contribution in [-0.4, -0.2) is 26.3 Å². The van der Waals surface area contributed by atoms with Crippen LogP contribution in [-0.2, 0) is 10.0 Å². The van der Waals surface area contributed by atoms with Crippen molar-refractivity contribution in [3.63, 3.8) is 0 Å². The Balaban J connectivity index is 3.16. The van der Waals surface area contributed by atoms with Crippen LogP contribution >= 0.6 is 0 Å². The van der Waals surface area contributed by atoms with E-state index >= 15 is 0 Å². The number of hydrogen-bond donors (Lipinski definition) is 0. The average Bonchev–Trinajstić information content (AvgIpc) is 2.29. The molecule has 1 aromatic carbocycles. The Morgan fingerprint density at radius 2 is 2.06 bits per heavy atom. The Labute approximate surface area is 103 Å². The van der Waals surface area contributed by atoms with E-state index in [9.17, 15) is 8.42 Å². The first-order valence-corrected chi connectivity index (χ1v) is 6.77. The van der Waals surface area contributed by atoms with Crippen LogP contribution in [0.1, 0.15) is 25.3 Å². The Morgan fingerprint density at radius 3 is 2.59 bits per heavy atom. The average molecular weight is 252 g/mol. The van der Waals surface area contributed by atoms with Crippen LogP contribution in [0.15, 0.2) is 29.2 Å². The molecular formula is C12H16N2O2S. The van der Waals surface area contributed by atoms with Gasteiger partial charge in [-0.1, -0.05) is 26.0 Å². The molecule has 0 radical (unpaired) electrons. The summed E-state index contributed by atoms with van der Waals surface area (Å²) in [6.45, 7) is 3.86. The van der Waals surface area contributed by atoms with Crippen molar-refractivity contribution in [3.8, 4) is 6.07 Å². The number of nitrogens with zero attached hydrogens (tertiary/aromatic N) is 2. The normalized spacial score (nSPS) is 11.8. The van der Waals surface area contributed by atoms with Gasteiger partial charge in [0, 0.05) is 7.05 Å². The lowest BCUT2D eigenvalue weighted by Gasteiger charge is -2.15. The smallest absolute Gasteiger partial charge is 0.207 e. The van der Waals surface area contributed by atoms with Gasteiger partial charge in [0.2, 0.25) is 10.0 Å². The molecule has 92 valence electrons. The molecule has 0 saturated heterocycles. The Bertz CT molecular complexity index is 530. The van der Waals surface area contributed by atoms with E-state index in [1.807, 2.05) is 26.0 Å². The molecule has 0 aromatic heterocycles. The topological polar surface area (TPSA) is 61.2 Å². The van der Waals surface area contributed by atoms with Crippen molar-refractivity contribution in [2.75, 3.05) is 13.6 Å². The van der Waals surface area contributed by atoms with Gasteiger partial charge in [0.1, 0.15) is 6.54 Å². The second-order valence-corrected chi connectivity index (χ2v) is 6.19. The van der Waals surface area contributed by atoms with E-state index in [1.165, 1.54) is 7.05 Å². The minimum absolute atomic E-state index is 0.145. The molecule has 0 aliphatic heterocycles. The van der Waals surface area contributed by atoms with Crippen LogP contribution in [0.4, 0.5) is 0 Å². The van der Waals surface area contributed by atoms with Gasteiger partial charge in [-0.05, 0) is 23.6 Å². The summed E-state index contributed by atoms with van der Waals surface area (Å²) in [5, 5.41) is 8.53. The Kier molecular flexibility index (Phi) is 4.27. The SMILES string of the molecule is CC(C)c1cccc(S(=O)(=O)N(C)CC#N)c1. The largest absolute Gasteiger partial charge is 0.243 e. The molecule has 0 amide bonds. The first kappa shape index (κ1) is 13.7. The molecule has 0 bridgehead atoms. The molecule has 17 heavy (non-hydrogen) atoms. The standard InChI is InChI=1S/C12H16N2O2S/c1-10(2)11-5-4-6-12(9-11)17(15,16)14(3)8-7-13/h4-6,9-10H,8H2,1-3H3. The van der Waals surface area contributed by atoms with Gasteiger partial charge in [-0.2, -0.15) is 9.57 Å². The van der Waals surface area contributed by atoms with Crippen molar-refractivity contribution < 1.29 is 8.42 Å². The predicted octanol–water partition coefficient (Wildman–Crippen LogP) is 1.95. The minimum atomic E-state index is -3.55. The molecule has 0 N–H and O–H groups in total. The molecule has 1 rings (SSSR count). The van der Waals surface area contributed by atoms with Gasteiger partial charge in [0.25, 0.3) is 0 Å². The highest BCUT2D eigenvalue weighted by Gasteiger charge is 2.20. The lowest BCUT2D eigenvalue weighted by molar-refractivity contribution is 0.501.